The van der Waals surface area contributed by atoms with Gasteiger partial charge in [0, 0.05) is 31.8 Å². The minimum atomic E-state index is 0.0311. The van der Waals surface area contributed by atoms with Crippen LogP contribution in [0.3, 0.4) is 0 Å². The average Bonchev–Trinajstić information content (AvgIpc) is 2.97. The van der Waals surface area contributed by atoms with E-state index in [1.54, 1.807) is 0 Å². The Morgan fingerprint density at radius 3 is 2.96 bits per heavy atom. The lowest BCUT2D eigenvalue weighted by Crippen LogP contribution is -2.46. The second-order valence-corrected chi connectivity index (χ2v) is 6.49. The quantitative estimate of drug-likeness (QED) is 0.772. The molecule has 2 N–H and O–H groups in total. The van der Waals surface area contributed by atoms with Crippen LogP contribution in [-0.4, -0.2) is 67.0 Å². The fourth-order valence-corrected chi connectivity index (χ4v) is 3.44. The minimum Gasteiger partial charge on any atom is -0.493 e. The van der Waals surface area contributed by atoms with Gasteiger partial charge >= 0.3 is 0 Å². The van der Waals surface area contributed by atoms with Crippen molar-refractivity contribution >= 4 is 5.91 Å². The first-order valence-electron chi connectivity index (χ1n) is 8.68. The van der Waals surface area contributed by atoms with E-state index >= 15 is 0 Å². The molecule has 3 rings (SSSR count). The second-order valence-electron chi connectivity index (χ2n) is 6.49. The van der Waals surface area contributed by atoms with E-state index in [1.807, 2.05) is 30.3 Å². The number of carbonyl (C=O) groups is 1. The molecular formula is C18H26N2O4. The van der Waals surface area contributed by atoms with Crippen molar-refractivity contribution in [2.45, 2.75) is 37.5 Å². The number of morpholine rings is 1. The number of rotatable bonds is 7. The van der Waals surface area contributed by atoms with Gasteiger partial charge < -0.3 is 19.9 Å². The van der Waals surface area contributed by atoms with Gasteiger partial charge in [-0.25, -0.2) is 0 Å². The van der Waals surface area contributed by atoms with E-state index in [9.17, 15) is 4.79 Å². The number of hydrogen-bond acceptors (Lipinski definition) is 5. The van der Waals surface area contributed by atoms with E-state index in [4.69, 9.17) is 14.6 Å². The zero-order valence-corrected chi connectivity index (χ0v) is 13.9. The van der Waals surface area contributed by atoms with Crippen LogP contribution in [0.2, 0.25) is 0 Å². The van der Waals surface area contributed by atoms with E-state index in [0.717, 1.165) is 25.3 Å². The van der Waals surface area contributed by atoms with Crippen molar-refractivity contribution in [1.29, 1.82) is 0 Å². The second kappa shape index (κ2) is 8.46. The Kier molecular flexibility index (Phi) is 6.07. The van der Waals surface area contributed by atoms with Crippen molar-refractivity contribution < 1.29 is 19.4 Å². The van der Waals surface area contributed by atoms with Crippen LogP contribution in [0.4, 0.5) is 0 Å². The Balaban J connectivity index is 1.37. The van der Waals surface area contributed by atoms with Gasteiger partial charge in [0.1, 0.15) is 5.75 Å². The van der Waals surface area contributed by atoms with Crippen molar-refractivity contribution in [2.24, 2.45) is 0 Å². The van der Waals surface area contributed by atoms with Gasteiger partial charge in [-0.2, -0.15) is 0 Å². The number of amides is 1. The summed E-state index contributed by atoms with van der Waals surface area (Å²) in [6, 6.07) is 10.1. The number of benzene rings is 1. The van der Waals surface area contributed by atoms with Gasteiger partial charge in [-0.05, 0) is 25.0 Å². The van der Waals surface area contributed by atoms with Gasteiger partial charge in [0.05, 0.1) is 25.7 Å². The molecule has 0 aliphatic carbocycles. The van der Waals surface area contributed by atoms with E-state index in [-0.39, 0.29) is 24.7 Å². The smallest absolute Gasteiger partial charge is 0.223 e. The predicted molar refractivity (Wildman–Crippen MR) is 89.9 cm³/mol. The van der Waals surface area contributed by atoms with Crippen molar-refractivity contribution in [1.82, 2.24) is 10.2 Å². The largest absolute Gasteiger partial charge is 0.493 e. The lowest BCUT2D eigenvalue weighted by atomic mass is 10.1. The molecule has 3 atom stereocenters. The van der Waals surface area contributed by atoms with Crippen molar-refractivity contribution in [3.63, 3.8) is 0 Å². The van der Waals surface area contributed by atoms with Crippen LogP contribution in [0.15, 0.2) is 30.3 Å². The molecule has 2 saturated heterocycles. The van der Waals surface area contributed by atoms with Gasteiger partial charge in [-0.1, -0.05) is 18.2 Å². The van der Waals surface area contributed by atoms with Crippen LogP contribution in [0, 0.1) is 0 Å². The fourth-order valence-electron chi connectivity index (χ4n) is 3.44. The summed E-state index contributed by atoms with van der Waals surface area (Å²) < 4.78 is 11.3. The molecule has 6 heteroatoms. The molecule has 0 spiro atoms. The SMILES string of the molecule is O=C(CCOc1ccccc1)N[C@@H]1C[C@H]2CO[C@@H](CCO)CN2C1. The summed E-state index contributed by atoms with van der Waals surface area (Å²) in [5, 5.41) is 12.1. The standard InChI is InChI=1S/C18H26N2O4/c21-8-6-17-12-20-11-14(10-15(20)13-24-17)19-18(22)7-9-23-16-4-2-1-3-5-16/h1-5,14-15,17,21H,6-13H2,(H,19,22)/t14-,15+,17+/m1/s1. The normalized spacial score (nSPS) is 26.8. The van der Waals surface area contributed by atoms with Crippen molar-refractivity contribution in [3.05, 3.63) is 30.3 Å². The Labute approximate surface area is 142 Å². The van der Waals surface area contributed by atoms with E-state index < -0.39 is 0 Å². The summed E-state index contributed by atoms with van der Waals surface area (Å²) in [7, 11) is 0. The van der Waals surface area contributed by atoms with Crippen LogP contribution in [0.25, 0.3) is 0 Å². The minimum absolute atomic E-state index is 0.0311. The molecule has 0 radical (unpaired) electrons. The maximum absolute atomic E-state index is 12.1. The first-order valence-corrected chi connectivity index (χ1v) is 8.68. The zero-order chi connectivity index (χ0) is 16.8. The Morgan fingerprint density at radius 1 is 1.33 bits per heavy atom. The molecule has 132 valence electrons. The van der Waals surface area contributed by atoms with Gasteiger partial charge in [-0.3, -0.25) is 9.69 Å². The molecule has 0 aromatic heterocycles. The van der Waals surface area contributed by atoms with Crippen LogP contribution in [0.5, 0.6) is 5.75 Å². The number of nitrogens with one attached hydrogen (secondary N) is 1. The Morgan fingerprint density at radius 2 is 2.17 bits per heavy atom. The molecular weight excluding hydrogens is 308 g/mol. The molecule has 1 aromatic rings. The summed E-state index contributed by atoms with van der Waals surface area (Å²) >= 11 is 0. The summed E-state index contributed by atoms with van der Waals surface area (Å²) in [4.78, 5) is 14.5. The van der Waals surface area contributed by atoms with Gasteiger partial charge in [0.15, 0.2) is 0 Å². The third kappa shape index (κ3) is 4.69. The third-order valence-corrected chi connectivity index (χ3v) is 4.65. The molecule has 0 bridgehead atoms. The first kappa shape index (κ1) is 17.2. The van der Waals surface area contributed by atoms with Crippen LogP contribution in [-0.2, 0) is 9.53 Å². The molecule has 24 heavy (non-hydrogen) atoms. The monoisotopic (exact) mass is 334 g/mol. The first-order chi connectivity index (χ1) is 11.7. The number of para-hydroxylation sites is 1. The van der Waals surface area contributed by atoms with E-state index in [2.05, 4.69) is 10.2 Å². The van der Waals surface area contributed by atoms with Crippen molar-refractivity contribution in [2.75, 3.05) is 32.9 Å². The molecule has 2 fully saturated rings. The number of aliphatic hydroxyl groups is 1. The maximum Gasteiger partial charge on any atom is 0.223 e. The number of aliphatic hydroxyl groups excluding tert-OH is 1. The van der Waals surface area contributed by atoms with Crippen LogP contribution >= 0.6 is 0 Å². The fraction of sp³-hybridized carbons (Fsp3) is 0.611. The molecule has 2 heterocycles. The molecule has 0 saturated carbocycles. The van der Waals surface area contributed by atoms with Gasteiger partial charge in [0.25, 0.3) is 0 Å². The molecule has 1 aromatic carbocycles. The van der Waals surface area contributed by atoms with E-state index in [1.165, 1.54) is 0 Å². The summed E-state index contributed by atoms with van der Waals surface area (Å²) in [6.07, 6.45) is 2.08. The lowest BCUT2D eigenvalue weighted by Gasteiger charge is -2.34. The number of carbonyl (C=O) groups excluding carboxylic acids is 1. The highest BCUT2D eigenvalue weighted by molar-refractivity contribution is 5.76. The maximum atomic E-state index is 12.1. The van der Waals surface area contributed by atoms with E-state index in [0.29, 0.717) is 32.1 Å². The topological polar surface area (TPSA) is 71.0 Å². The van der Waals surface area contributed by atoms with Gasteiger partial charge in [-0.15, -0.1) is 0 Å². The highest BCUT2D eigenvalue weighted by atomic mass is 16.5. The van der Waals surface area contributed by atoms with Crippen molar-refractivity contribution in [3.8, 4) is 5.75 Å². The predicted octanol–water partition coefficient (Wildman–Crippen LogP) is 0.796. The van der Waals surface area contributed by atoms with Crippen LogP contribution < -0.4 is 10.1 Å². The summed E-state index contributed by atoms with van der Waals surface area (Å²) in [5.74, 6) is 0.818. The number of hydrogen-bond donors (Lipinski definition) is 2. The molecule has 2 aliphatic heterocycles. The zero-order valence-electron chi connectivity index (χ0n) is 13.9. The molecule has 2 aliphatic rings. The molecule has 1 amide bonds. The Bertz CT molecular complexity index is 525. The van der Waals surface area contributed by atoms with Crippen LogP contribution in [0.1, 0.15) is 19.3 Å². The number of fused-ring (bicyclic) bond motifs is 1. The molecule has 0 unspecified atom stereocenters. The highest BCUT2D eigenvalue weighted by Gasteiger charge is 2.37. The van der Waals surface area contributed by atoms with Gasteiger partial charge in [0.2, 0.25) is 5.91 Å². The Hall–Kier alpha value is -1.63. The number of nitrogens with zero attached hydrogens (tertiary/aromatic N) is 1. The number of ether oxygens (including phenoxy) is 2. The lowest BCUT2D eigenvalue weighted by molar-refractivity contribution is -0.122. The average molecular weight is 334 g/mol. The summed E-state index contributed by atoms with van der Waals surface area (Å²) in [5.41, 5.74) is 0. The summed E-state index contributed by atoms with van der Waals surface area (Å²) in [6.45, 7) is 2.94. The third-order valence-electron chi connectivity index (χ3n) is 4.65. The highest BCUT2D eigenvalue weighted by Crippen LogP contribution is 2.24. The molecule has 6 nitrogen and oxygen atoms in total.